The van der Waals surface area contributed by atoms with E-state index < -0.39 is 0 Å². The molecule has 0 aliphatic carbocycles. The Hall–Kier alpha value is -2.17. The second-order valence-corrected chi connectivity index (χ2v) is 4.14. The van der Waals surface area contributed by atoms with Crippen LogP contribution in [-0.2, 0) is 6.42 Å². The summed E-state index contributed by atoms with van der Waals surface area (Å²) in [6.45, 7) is 4.66. The third kappa shape index (κ3) is 3.40. The highest BCUT2D eigenvalue weighted by Crippen LogP contribution is 2.21. The van der Waals surface area contributed by atoms with Gasteiger partial charge in [0.15, 0.2) is 5.82 Å². The van der Waals surface area contributed by atoms with E-state index in [1.54, 1.807) is 0 Å². The molecule has 5 nitrogen and oxygen atoms in total. The molecule has 1 aromatic heterocycles. The lowest BCUT2D eigenvalue weighted by atomic mass is 10.2. The smallest absolute Gasteiger partial charge is 0.223 e. The molecule has 2 aromatic rings. The molecule has 100 valence electrons. The summed E-state index contributed by atoms with van der Waals surface area (Å²) in [5.41, 5.74) is 6.62. The van der Waals surface area contributed by atoms with Crippen molar-refractivity contribution in [3.63, 3.8) is 0 Å². The average molecular weight is 258 g/mol. The molecule has 0 unspecified atom stereocenters. The van der Waals surface area contributed by atoms with Gasteiger partial charge in [-0.15, -0.1) is 0 Å². The van der Waals surface area contributed by atoms with Crippen molar-refractivity contribution in [1.29, 1.82) is 0 Å². The molecule has 2 rings (SSSR count). The second-order valence-electron chi connectivity index (χ2n) is 4.14. The lowest BCUT2D eigenvalue weighted by Gasteiger charge is -2.07. The van der Waals surface area contributed by atoms with Gasteiger partial charge >= 0.3 is 0 Å². The molecule has 0 saturated heterocycles. The van der Waals surface area contributed by atoms with Crippen molar-refractivity contribution in [3.8, 4) is 17.1 Å². The first-order valence-electron chi connectivity index (χ1n) is 6.46. The minimum atomic E-state index is 0.260. The highest BCUT2D eigenvalue weighted by molar-refractivity contribution is 5.58. The van der Waals surface area contributed by atoms with Crippen molar-refractivity contribution in [1.82, 2.24) is 15.0 Å². The maximum Gasteiger partial charge on any atom is 0.223 e. The van der Waals surface area contributed by atoms with Gasteiger partial charge in [0.2, 0.25) is 5.95 Å². The van der Waals surface area contributed by atoms with Crippen LogP contribution in [0.15, 0.2) is 24.3 Å². The number of benzene rings is 1. The van der Waals surface area contributed by atoms with Gasteiger partial charge in [0.25, 0.3) is 0 Å². The normalized spacial score (nSPS) is 10.4. The molecular formula is C14H18N4O. The largest absolute Gasteiger partial charge is 0.494 e. The lowest BCUT2D eigenvalue weighted by molar-refractivity contribution is 0.340. The number of ether oxygens (including phenoxy) is 1. The van der Waals surface area contributed by atoms with Gasteiger partial charge in [-0.05, 0) is 25.5 Å². The standard InChI is InChI=1S/C14H18N4O/c1-3-6-12-16-13(18-14(15)17-12)10-7-5-8-11(9-10)19-4-2/h5,7-9H,3-4,6H2,1-2H3,(H2,15,16,17,18). The van der Waals surface area contributed by atoms with Crippen LogP contribution in [0.1, 0.15) is 26.1 Å². The number of nitrogens with zero attached hydrogens (tertiary/aromatic N) is 3. The molecule has 0 radical (unpaired) electrons. The zero-order valence-electron chi connectivity index (χ0n) is 11.3. The van der Waals surface area contributed by atoms with E-state index in [-0.39, 0.29) is 5.95 Å². The summed E-state index contributed by atoms with van der Waals surface area (Å²) in [7, 11) is 0. The Balaban J connectivity index is 2.37. The fraction of sp³-hybridized carbons (Fsp3) is 0.357. The monoisotopic (exact) mass is 258 g/mol. The Morgan fingerprint density at radius 1 is 1.16 bits per heavy atom. The van der Waals surface area contributed by atoms with Crippen molar-refractivity contribution >= 4 is 5.95 Å². The Bertz CT molecular complexity index is 557. The molecular weight excluding hydrogens is 240 g/mol. The van der Waals surface area contributed by atoms with Crippen molar-refractivity contribution in [2.45, 2.75) is 26.7 Å². The fourth-order valence-corrected chi connectivity index (χ4v) is 1.79. The number of aryl methyl sites for hydroxylation is 1. The van der Waals surface area contributed by atoms with Crippen molar-refractivity contribution in [3.05, 3.63) is 30.1 Å². The number of anilines is 1. The van der Waals surface area contributed by atoms with Crippen LogP contribution in [0, 0.1) is 0 Å². The van der Waals surface area contributed by atoms with E-state index in [4.69, 9.17) is 10.5 Å². The maximum absolute atomic E-state index is 5.73. The molecule has 0 atom stereocenters. The van der Waals surface area contributed by atoms with E-state index in [9.17, 15) is 0 Å². The number of nitrogen functional groups attached to an aromatic ring is 1. The van der Waals surface area contributed by atoms with Gasteiger partial charge in [-0.1, -0.05) is 19.1 Å². The number of hydrogen-bond donors (Lipinski definition) is 1. The topological polar surface area (TPSA) is 73.9 Å². The number of hydrogen-bond acceptors (Lipinski definition) is 5. The van der Waals surface area contributed by atoms with Crippen LogP contribution in [0.5, 0.6) is 5.75 Å². The third-order valence-corrected chi connectivity index (χ3v) is 2.58. The Kier molecular flexibility index (Phi) is 4.28. The second kappa shape index (κ2) is 6.13. The van der Waals surface area contributed by atoms with Gasteiger partial charge in [0.05, 0.1) is 6.61 Å². The molecule has 0 aliphatic rings. The van der Waals surface area contributed by atoms with Crippen LogP contribution in [0.25, 0.3) is 11.4 Å². The fourth-order valence-electron chi connectivity index (χ4n) is 1.79. The van der Waals surface area contributed by atoms with E-state index in [2.05, 4.69) is 21.9 Å². The molecule has 5 heteroatoms. The molecule has 1 heterocycles. The van der Waals surface area contributed by atoms with Crippen LogP contribution in [0.2, 0.25) is 0 Å². The Morgan fingerprint density at radius 3 is 2.74 bits per heavy atom. The number of aromatic nitrogens is 3. The Labute approximate surface area is 112 Å². The maximum atomic E-state index is 5.73. The van der Waals surface area contributed by atoms with Gasteiger partial charge in [-0.3, -0.25) is 0 Å². The summed E-state index contributed by atoms with van der Waals surface area (Å²) in [5.74, 6) is 2.38. The van der Waals surface area contributed by atoms with E-state index >= 15 is 0 Å². The van der Waals surface area contributed by atoms with Crippen LogP contribution in [0.3, 0.4) is 0 Å². The Morgan fingerprint density at radius 2 is 2.00 bits per heavy atom. The zero-order valence-corrected chi connectivity index (χ0v) is 11.3. The van der Waals surface area contributed by atoms with E-state index in [0.717, 1.165) is 30.0 Å². The first-order valence-corrected chi connectivity index (χ1v) is 6.46. The number of rotatable bonds is 5. The summed E-state index contributed by atoms with van der Waals surface area (Å²) in [6.07, 6.45) is 1.77. The molecule has 0 bridgehead atoms. The van der Waals surface area contributed by atoms with E-state index in [1.165, 1.54) is 0 Å². The van der Waals surface area contributed by atoms with E-state index in [0.29, 0.717) is 12.4 Å². The molecule has 2 N–H and O–H groups in total. The predicted octanol–water partition coefficient (Wildman–Crippen LogP) is 2.47. The highest BCUT2D eigenvalue weighted by atomic mass is 16.5. The first kappa shape index (κ1) is 13.3. The van der Waals surface area contributed by atoms with Crippen molar-refractivity contribution in [2.24, 2.45) is 0 Å². The predicted molar refractivity (Wildman–Crippen MR) is 74.8 cm³/mol. The first-order chi connectivity index (χ1) is 9.22. The quantitative estimate of drug-likeness (QED) is 0.891. The summed E-state index contributed by atoms with van der Waals surface area (Å²) in [6, 6.07) is 7.67. The van der Waals surface area contributed by atoms with Gasteiger partial charge in [-0.25, -0.2) is 4.98 Å². The highest BCUT2D eigenvalue weighted by Gasteiger charge is 2.07. The SMILES string of the molecule is CCCc1nc(N)nc(-c2cccc(OCC)c2)n1. The minimum absolute atomic E-state index is 0.260. The lowest BCUT2D eigenvalue weighted by Crippen LogP contribution is -2.05. The molecule has 0 saturated carbocycles. The van der Waals surface area contributed by atoms with E-state index in [1.807, 2.05) is 31.2 Å². The molecule has 0 amide bonds. The average Bonchev–Trinajstić information content (AvgIpc) is 2.39. The van der Waals surface area contributed by atoms with Crippen molar-refractivity contribution < 1.29 is 4.74 Å². The van der Waals surface area contributed by atoms with Gasteiger partial charge in [0, 0.05) is 12.0 Å². The summed E-state index contributed by atoms with van der Waals surface area (Å²) >= 11 is 0. The van der Waals surface area contributed by atoms with Gasteiger partial charge in [0.1, 0.15) is 11.6 Å². The number of nitrogens with two attached hydrogens (primary N) is 1. The molecule has 1 aromatic carbocycles. The van der Waals surface area contributed by atoms with Crippen molar-refractivity contribution in [2.75, 3.05) is 12.3 Å². The summed E-state index contributed by atoms with van der Waals surface area (Å²) in [4.78, 5) is 12.8. The molecule has 0 spiro atoms. The summed E-state index contributed by atoms with van der Waals surface area (Å²) in [5, 5.41) is 0. The zero-order chi connectivity index (χ0) is 13.7. The summed E-state index contributed by atoms with van der Waals surface area (Å²) < 4.78 is 5.47. The molecule has 19 heavy (non-hydrogen) atoms. The van der Waals surface area contributed by atoms with Gasteiger partial charge in [-0.2, -0.15) is 9.97 Å². The molecule has 0 aliphatic heterocycles. The third-order valence-electron chi connectivity index (χ3n) is 2.58. The van der Waals surface area contributed by atoms with Crippen LogP contribution in [0.4, 0.5) is 5.95 Å². The molecule has 0 fully saturated rings. The minimum Gasteiger partial charge on any atom is -0.494 e. The van der Waals surface area contributed by atoms with Crippen LogP contribution >= 0.6 is 0 Å². The van der Waals surface area contributed by atoms with Gasteiger partial charge < -0.3 is 10.5 Å². The van der Waals surface area contributed by atoms with Crippen LogP contribution in [-0.4, -0.2) is 21.6 Å². The van der Waals surface area contributed by atoms with Crippen LogP contribution < -0.4 is 10.5 Å².